The standard InChI is InChI=1S/C22H18Cl2N4O2/c1-28-18-5-2-14(9-15(18)3-7-20(28)29)16-8-13(10-25-12-16)11-26-22(30)21-17(23)4-6-19(24)27-21/h2,4-6,8-10,12H,3,7,11H2,1H3,(H,26,30). The fraction of sp³-hybridized carbons (Fsp3) is 0.182. The molecule has 0 fully saturated rings. The molecule has 1 aliphatic heterocycles. The van der Waals surface area contributed by atoms with Gasteiger partial charge in [-0.25, -0.2) is 4.98 Å². The monoisotopic (exact) mass is 440 g/mol. The summed E-state index contributed by atoms with van der Waals surface area (Å²) in [6.07, 6.45) is 4.71. The lowest BCUT2D eigenvalue weighted by molar-refractivity contribution is -0.118. The Hall–Kier alpha value is -2.96. The minimum atomic E-state index is -0.408. The molecule has 1 aliphatic rings. The number of nitrogens with zero attached hydrogens (tertiary/aromatic N) is 3. The largest absolute Gasteiger partial charge is 0.347 e. The van der Waals surface area contributed by atoms with E-state index in [0.717, 1.165) is 34.4 Å². The number of rotatable bonds is 4. The number of carbonyl (C=O) groups is 2. The van der Waals surface area contributed by atoms with Crippen molar-refractivity contribution in [2.75, 3.05) is 11.9 Å². The predicted octanol–water partition coefficient (Wildman–Crippen LogP) is 4.29. The average Bonchev–Trinajstić information content (AvgIpc) is 2.76. The molecule has 2 amide bonds. The number of aromatic nitrogens is 2. The fourth-order valence-electron chi connectivity index (χ4n) is 3.42. The van der Waals surface area contributed by atoms with Crippen molar-refractivity contribution in [3.8, 4) is 11.1 Å². The molecule has 0 radical (unpaired) electrons. The van der Waals surface area contributed by atoms with E-state index in [1.165, 1.54) is 12.1 Å². The maximum Gasteiger partial charge on any atom is 0.271 e. The van der Waals surface area contributed by atoms with Gasteiger partial charge in [-0.3, -0.25) is 14.6 Å². The first-order valence-electron chi connectivity index (χ1n) is 9.36. The highest BCUT2D eigenvalue weighted by Gasteiger charge is 2.21. The normalized spacial score (nSPS) is 13.2. The number of benzene rings is 1. The van der Waals surface area contributed by atoms with Crippen LogP contribution in [0.25, 0.3) is 11.1 Å². The van der Waals surface area contributed by atoms with Gasteiger partial charge >= 0.3 is 0 Å². The summed E-state index contributed by atoms with van der Waals surface area (Å²) in [6, 6.07) is 11.1. The third-order valence-corrected chi connectivity index (χ3v) is 5.55. The topological polar surface area (TPSA) is 75.2 Å². The minimum absolute atomic E-state index is 0.0848. The van der Waals surface area contributed by atoms with Gasteiger partial charge in [-0.1, -0.05) is 29.3 Å². The predicted molar refractivity (Wildman–Crippen MR) is 117 cm³/mol. The van der Waals surface area contributed by atoms with E-state index in [1.54, 1.807) is 24.3 Å². The summed E-state index contributed by atoms with van der Waals surface area (Å²) in [6.45, 7) is 0.270. The van der Waals surface area contributed by atoms with Crippen LogP contribution in [0.15, 0.2) is 48.8 Å². The van der Waals surface area contributed by atoms with Gasteiger partial charge in [-0.05, 0) is 53.4 Å². The van der Waals surface area contributed by atoms with E-state index in [0.29, 0.717) is 6.42 Å². The van der Waals surface area contributed by atoms with Crippen molar-refractivity contribution in [2.24, 2.45) is 0 Å². The van der Waals surface area contributed by atoms with Gasteiger partial charge in [-0.15, -0.1) is 0 Å². The molecular formula is C22H18Cl2N4O2. The van der Waals surface area contributed by atoms with E-state index >= 15 is 0 Å². The quantitative estimate of drug-likeness (QED) is 0.613. The lowest BCUT2D eigenvalue weighted by atomic mass is 9.96. The Morgan fingerprint density at radius 2 is 1.93 bits per heavy atom. The Morgan fingerprint density at radius 1 is 1.10 bits per heavy atom. The molecule has 0 saturated carbocycles. The van der Waals surface area contributed by atoms with Crippen LogP contribution in [0.3, 0.4) is 0 Å². The minimum Gasteiger partial charge on any atom is -0.347 e. The number of hydrogen-bond donors (Lipinski definition) is 1. The van der Waals surface area contributed by atoms with Crippen molar-refractivity contribution in [3.63, 3.8) is 0 Å². The molecule has 152 valence electrons. The molecular weight excluding hydrogens is 423 g/mol. The summed E-state index contributed by atoms with van der Waals surface area (Å²) >= 11 is 11.9. The SMILES string of the molecule is CN1C(=O)CCc2cc(-c3cncc(CNC(=O)c4nc(Cl)ccc4Cl)c3)ccc21. The molecule has 0 bridgehead atoms. The Kier molecular flexibility index (Phi) is 5.70. The lowest BCUT2D eigenvalue weighted by Gasteiger charge is -2.26. The van der Waals surface area contributed by atoms with Crippen LogP contribution in [-0.4, -0.2) is 28.8 Å². The van der Waals surface area contributed by atoms with Crippen molar-refractivity contribution >= 4 is 40.7 Å². The molecule has 0 spiro atoms. The first-order chi connectivity index (χ1) is 14.4. The number of amides is 2. The van der Waals surface area contributed by atoms with Crippen LogP contribution in [0.2, 0.25) is 10.2 Å². The second-order valence-corrected chi connectivity index (χ2v) is 7.82. The molecule has 0 aliphatic carbocycles. The van der Waals surface area contributed by atoms with E-state index in [2.05, 4.69) is 21.4 Å². The first kappa shape index (κ1) is 20.3. The van der Waals surface area contributed by atoms with Gasteiger partial charge in [-0.2, -0.15) is 0 Å². The molecule has 0 atom stereocenters. The van der Waals surface area contributed by atoms with Gasteiger partial charge in [0.15, 0.2) is 0 Å². The van der Waals surface area contributed by atoms with Crippen LogP contribution in [0.5, 0.6) is 0 Å². The smallest absolute Gasteiger partial charge is 0.271 e. The summed E-state index contributed by atoms with van der Waals surface area (Å²) in [5.74, 6) is -0.279. The van der Waals surface area contributed by atoms with Crippen LogP contribution in [-0.2, 0) is 17.8 Å². The Bertz CT molecular complexity index is 1150. The van der Waals surface area contributed by atoms with Gasteiger partial charge in [0.05, 0.1) is 5.02 Å². The Labute approximate surface area is 183 Å². The number of anilines is 1. The van der Waals surface area contributed by atoms with Gasteiger partial charge in [0, 0.05) is 43.7 Å². The molecule has 30 heavy (non-hydrogen) atoms. The summed E-state index contributed by atoms with van der Waals surface area (Å²) in [7, 11) is 1.80. The van der Waals surface area contributed by atoms with Crippen LogP contribution in [0.1, 0.15) is 28.0 Å². The van der Waals surface area contributed by atoms with Crippen molar-refractivity contribution < 1.29 is 9.59 Å². The highest BCUT2D eigenvalue weighted by molar-refractivity contribution is 6.34. The van der Waals surface area contributed by atoms with Crippen molar-refractivity contribution in [1.29, 1.82) is 0 Å². The van der Waals surface area contributed by atoms with Crippen molar-refractivity contribution in [1.82, 2.24) is 15.3 Å². The second kappa shape index (κ2) is 8.42. The van der Waals surface area contributed by atoms with Gasteiger partial charge < -0.3 is 10.2 Å². The molecule has 1 N–H and O–H groups in total. The zero-order valence-electron chi connectivity index (χ0n) is 16.2. The number of hydrogen-bond acceptors (Lipinski definition) is 4. The molecule has 2 aromatic heterocycles. The zero-order chi connectivity index (χ0) is 21.3. The van der Waals surface area contributed by atoms with Crippen LogP contribution in [0.4, 0.5) is 5.69 Å². The van der Waals surface area contributed by atoms with Crippen LogP contribution >= 0.6 is 23.2 Å². The molecule has 6 nitrogen and oxygen atoms in total. The third-order valence-electron chi connectivity index (χ3n) is 5.03. The maximum absolute atomic E-state index is 12.4. The highest BCUT2D eigenvalue weighted by atomic mass is 35.5. The summed E-state index contributed by atoms with van der Waals surface area (Å²) in [5.41, 5.74) is 4.94. The van der Waals surface area contributed by atoms with Gasteiger partial charge in [0.1, 0.15) is 10.8 Å². The van der Waals surface area contributed by atoms with Gasteiger partial charge in [0.25, 0.3) is 5.91 Å². The first-order valence-corrected chi connectivity index (χ1v) is 10.1. The van der Waals surface area contributed by atoms with E-state index < -0.39 is 5.91 Å². The molecule has 0 saturated heterocycles. The van der Waals surface area contributed by atoms with Crippen molar-refractivity contribution in [2.45, 2.75) is 19.4 Å². The highest BCUT2D eigenvalue weighted by Crippen LogP contribution is 2.31. The molecule has 0 unspecified atom stereocenters. The average molecular weight is 441 g/mol. The third kappa shape index (κ3) is 4.15. The summed E-state index contributed by atoms with van der Waals surface area (Å²) in [4.78, 5) is 34.3. The number of carbonyl (C=O) groups excluding carboxylic acids is 2. The summed E-state index contributed by atoms with van der Waals surface area (Å²) in [5, 5.41) is 3.23. The maximum atomic E-state index is 12.4. The Balaban J connectivity index is 1.51. The number of fused-ring (bicyclic) bond motifs is 1. The van der Waals surface area contributed by atoms with Crippen molar-refractivity contribution in [3.05, 3.63) is 75.8 Å². The molecule has 3 heterocycles. The molecule has 4 rings (SSSR count). The lowest BCUT2D eigenvalue weighted by Crippen LogP contribution is -2.30. The molecule has 8 heteroatoms. The van der Waals surface area contributed by atoms with E-state index in [4.69, 9.17) is 23.2 Å². The number of aryl methyl sites for hydroxylation is 1. The van der Waals surface area contributed by atoms with E-state index in [-0.39, 0.29) is 28.3 Å². The van der Waals surface area contributed by atoms with Crippen LogP contribution in [0, 0.1) is 0 Å². The van der Waals surface area contributed by atoms with E-state index in [1.807, 2.05) is 18.2 Å². The number of nitrogens with one attached hydrogen (secondary N) is 1. The molecule has 1 aromatic carbocycles. The second-order valence-electron chi connectivity index (χ2n) is 7.03. The van der Waals surface area contributed by atoms with Crippen LogP contribution < -0.4 is 10.2 Å². The fourth-order valence-corrected chi connectivity index (χ4v) is 3.76. The molecule has 3 aromatic rings. The van der Waals surface area contributed by atoms with E-state index in [9.17, 15) is 9.59 Å². The Morgan fingerprint density at radius 3 is 2.77 bits per heavy atom. The zero-order valence-corrected chi connectivity index (χ0v) is 17.7. The number of pyridine rings is 2. The van der Waals surface area contributed by atoms with Gasteiger partial charge in [0.2, 0.25) is 5.91 Å². The number of halogens is 2. The summed E-state index contributed by atoms with van der Waals surface area (Å²) < 4.78 is 0.